The molecule has 5 aliphatic heterocycles. The highest BCUT2D eigenvalue weighted by atomic mass is 16.7. The number of hydrogen-bond acceptors (Lipinski definition) is 10. The summed E-state index contributed by atoms with van der Waals surface area (Å²) in [4.78, 5) is 17.9. The maximum atomic E-state index is 13.4. The molecule has 1 amide bonds. The third kappa shape index (κ3) is 4.54. The molecule has 6 bridgehead atoms. The van der Waals surface area contributed by atoms with E-state index in [4.69, 9.17) is 18.9 Å². The fourth-order valence-corrected chi connectivity index (χ4v) is 8.35. The van der Waals surface area contributed by atoms with Crippen LogP contribution in [0.15, 0.2) is 30.4 Å². The van der Waals surface area contributed by atoms with Crippen molar-refractivity contribution in [1.82, 2.24) is 20.4 Å². The van der Waals surface area contributed by atoms with E-state index in [9.17, 15) is 15.2 Å². The number of rotatable bonds is 1. The van der Waals surface area contributed by atoms with Crippen LogP contribution in [0.1, 0.15) is 52.4 Å². The molecular formula is C35H41N5O6. The second kappa shape index (κ2) is 11.5. The Kier molecular flexibility index (Phi) is 7.62. The Morgan fingerprint density at radius 2 is 1.91 bits per heavy atom. The molecule has 2 aromatic carbocycles. The fourth-order valence-electron chi connectivity index (χ4n) is 8.35. The molecule has 0 radical (unpaired) electrons. The lowest BCUT2D eigenvalue weighted by atomic mass is 9.71. The summed E-state index contributed by atoms with van der Waals surface area (Å²) < 4.78 is 24.4. The number of nitriles is 1. The molecule has 46 heavy (non-hydrogen) atoms. The number of piperazine rings is 1. The van der Waals surface area contributed by atoms with Gasteiger partial charge >= 0.3 is 0 Å². The first-order valence-electron chi connectivity index (χ1n) is 15.9. The van der Waals surface area contributed by atoms with Crippen LogP contribution in [0.2, 0.25) is 0 Å². The van der Waals surface area contributed by atoms with E-state index in [1.807, 2.05) is 40.0 Å². The highest BCUT2D eigenvalue weighted by molar-refractivity contribution is 5.81. The molecule has 1 fully saturated rings. The van der Waals surface area contributed by atoms with Crippen LogP contribution in [0, 0.1) is 25.2 Å². The number of ether oxygens (including phenoxy) is 4. The second-order valence-electron chi connectivity index (χ2n) is 13.0. The largest absolute Gasteiger partial charge is 0.504 e. The van der Waals surface area contributed by atoms with Crippen molar-refractivity contribution in [2.24, 2.45) is 0 Å². The van der Waals surface area contributed by atoms with Crippen molar-refractivity contribution in [3.63, 3.8) is 0 Å². The maximum Gasteiger partial charge on any atom is 0.236 e. The predicted octanol–water partition coefficient (Wildman–Crippen LogP) is 3.12. The Labute approximate surface area is 269 Å². The number of hydrogen-bond donors (Lipinski definition) is 3. The van der Waals surface area contributed by atoms with Gasteiger partial charge in [0.15, 0.2) is 23.0 Å². The van der Waals surface area contributed by atoms with Crippen LogP contribution in [0.5, 0.6) is 28.7 Å². The Morgan fingerprint density at radius 1 is 1.13 bits per heavy atom. The summed E-state index contributed by atoms with van der Waals surface area (Å²) in [6, 6.07) is 2.68. The summed E-state index contributed by atoms with van der Waals surface area (Å²) in [7, 11) is 3.61. The lowest BCUT2D eigenvalue weighted by Gasteiger charge is -2.60. The van der Waals surface area contributed by atoms with Crippen LogP contribution in [0.3, 0.4) is 0 Å². The van der Waals surface area contributed by atoms with Gasteiger partial charge in [-0.3, -0.25) is 14.6 Å². The number of nitrogens with one attached hydrogen (secondary N) is 2. The molecule has 0 spiro atoms. The summed E-state index contributed by atoms with van der Waals surface area (Å²) in [6.07, 6.45) is 4.94. The molecule has 3 N–H and O–H groups in total. The number of likely N-dealkylation sites (N-methyl/N-ethyl adjacent to an activating group) is 1. The molecular weight excluding hydrogens is 586 g/mol. The molecule has 6 atom stereocenters. The SMILES string of the molecule is C=C1/C=C/CN[C@@H](C)C(=O)NCC2c3c(c(c(C)c4c3OCO4)OC1)C[C@H]1[C@H]3c4c(cc(C)c(OC)c4O)C[C@@H]([C@H](C#N)N21)N3C. The van der Waals surface area contributed by atoms with Crippen molar-refractivity contribution in [2.75, 3.05) is 40.6 Å². The second-order valence-corrected chi connectivity index (χ2v) is 13.0. The third-order valence-corrected chi connectivity index (χ3v) is 10.4. The zero-order chi connectivity index (χ0) is 32.4. The lowest BCUT2D eigenvalue weighted by molar-refractivity contribution is -0.123. The zero-order valence-corrected chi connectivity index (χ0v) is 27.0. The summed E-state index contributed by atoms with van der Waals surface area (Å²) >= 11 is 0. The van der Waals surface area contributed by atoms with Crippen molar-refractivity contribution in [2.45, 2.75) is 69.9 Å². The first kappa shape index (κ1) is 30.4. The molecule has 11 heteroatoms. The molecule has 5 aliphatic rings. The first-order valence-corrected chi connectivity index (χ1v) is 15.9. The molecule has 0 saturated carbocycles. The molecule has 0 aromatic heterocycles. The quantitative estimate of drug-likeness (QED) is 0.434. The molecule has 0 aliphatic carbocycles. The number of phenolic OH excluding ortho intramolecular Hbond substituents is 1. The van der Waals surface area contributed by atoms with Gasteiger partial charge in [-0.25, -0.2) is 0 Å². The van der Waals surface area contributed by atoms with E-state index in [2.05, 4.69) is 39.1 Å². The van der Waals surface area contributed by atoms with Crippen LogP contribution in [-0.2, 0) is 17.6 Å². The summed E-state index contributed by atoms with van der Waals surface area (Å²) in [5.41, 5.74) is 6.15. The van der Waals surface area contributed by atoms with Gasteiger partial charge in [-0.05, 0) is 57.4 Å². The number of phenols is 1. The fraction of sp³-hybridized carbons (Fsp3) is 0.486. The monoisotopic (exact) mass is 627 g/mol. The highest BCUT2D eigenvalue weighted by Crippen LogP contribution is 2.58. The van der Waals surface area contributed by atoms with Gasteiger partial charge in [-0.15, -0.1) is 0 Å². The standard InChI is InChI=1S/C35H41N5O6/c1-17-8-7-9-37-20(4)35(42)38-14-26-28-22(32(44-15-17)19(3)33-34(28)46-16-45-33)12-24-29-27-21(10-18(2)31(43-6)30(27)41)11-23(39(29)5)25(13-36)40(24)26/h7-8,10,20,23-26,29,37,41H,1,9,11-12,14-16H2,2-6H3,(H,38,42)/b8-7+/t20-,23-,24-,25-,26?,29-/m0/s1. The topological polar surface area (TPSA) is 129 Å². The first-order chi connectivity index (χ1) is 22.2. The number of benzene rings is 2. The van der Waals surface area contributed by atoms with Crippen LogP contribution in [0.4, 0.5) is 0 Å². The number of amides is 1. The number of aromatic hydroxyl groups is 1. The van der Waals surface area contributed by atoms with Crippen molar-refractivity contribution in [3.8, 4) is 34.8 Å². The Balaban J connectivity index is 1.46. The Hall–Kier alpha value is -4.24. The van der Waals surface area contributed by atoms with E-state index >= 15 is 0 Å². The van der Waals surface area contributed by atoms with Gasteiger partial charge in [0.1, 0.15) is 18.4 Å². The summed E-state index contributed by atoms with van der Waals surface area (Å²) in [5, 5.41) is 29.0. The van der Waals surface area contributed by atoms with E-state index in [1.165, 1.54) is 0 Å². The van der Waals surface area contributed by atoms with Crippen molar-refractivity contribution in [1.29, 1.82) is 5.26 Å². The minimum atomic E-state index is -0.510. The van der Waals surface area contributed by atoms with Crippen LogP contribution < -0.4 is 29.6 Å². The number of carbonyl (C=O) groups is 1. The number of aryl methyl sites for hydroxylation is 1. The summed E-state index contributed by atoms with van der Waals surface area (Å²) in [5.74, 6) is 2.41. The van der Waals surface area contributed by atoms with E-state index in [1.54, 1.807) is 7.11 Å². The smallest absolute Gasteiger partial charge is 0.236 e. The minimum absolute atomic E-state index is 0.0705. The van der Waals surface area contributed by atoms with E-state index in [0.717, 1.165) is 39.0 Å². The average Bonchev–Trinajstić information content (AvgIpc) is 3.52. The van der Waals surface area contributed by atoms with E-state index < -0.39 is 18.1 Å². The van der Waals surface area contributed by atoms with Gasteiger partial charge in [0.05, 0.1) is 31.3 Å². The highest BCUT2D eigenvalue weighted by Gasteiger charge is 2.56. The molecule has 11 nitrogen and oxygen atoms in total. The van der Waals surface area contributed by atoms with Crippen LogP contribution in [-0.4, -0.2) is 85.6 Å². The van der Waals surface area contributed by atoms with Gasteiger partial charge in [-0.1, -0.05) is 24.8 Å². The Morgan fingerprint density at radius 3 is 2.67 bits per heavy atom. The average molecular weight is 628 g/mol. The zero-order valence-electron chi connectivity index (χ0n) is 27.0. The van der Waals surface area contributed by atoms with Crippen molar-refractivity contribution in [3.05, 3.63) is 63.8 Å². The van der Waals surface area contributed by atoms with Crippen molar-refractivity contribution >= 4 is 5.91 Å². The molecule has 1 saturated heterocycles. The molecule has 242 valence electrons. The summed E-state index contributed by atoms with van der Waals surface area (Å²) in [6.45, 7) is 11.0. The molecule has 7 rings (SSSR count). The van der Waals surface area contributed by atoms with Gasteiger partial charge in [-0.2, -0.15) is 5.26 Å². The van der Waals surface area contributed by atoms with Crippen molar-refractivity contribution < 1.29 is 28.8 Å². The van der Waals surface area contributed by atoms with Crippen LogP contribution in [0.25, 0.3) is 0 Å². The Bertz CT molecular complexity index is 1700. The van der Waals surface area contributed by atoms with Gasteiger partial charge in [0.2, 0.25) is 12.7 Å². The number of fused-ring (bicyclic) bond motifs is 8. The van der Waals surface area contributed by atoms with Crippen LogP contribution >= 0.6 is 0 Å². The number of methoxy groups -OCH3 is 1. The minimum Gasteiger partial charge on any atom is -0.504 e. The van der Waals surface area contributed by atoms with E-state index in [0.29, 0.717) is 42.4 Å². The predicted molar refractivity (Wildman–Crippen MR) is 170 cm³/mol. The van der Waals surface area contributed by atoms with Gasteiger partial charge in [0.25, 0.3) is 0 Å². The van der Waals surface area contributed by atoms with Gasteiger partial charge < -0.3 is 34.7 Å². The number of nitrogens with zero attached hydrogens (tertiary/aromatic N) is 3. The molecule has 2 aromatic rings. The normalized spacial score (nSPS) is 29.7. The van der Waals surface area contributed by atoms with Gasteiger partial charge in [0, 0.05) is 47.4 Å². The maximum absolute atomic E-state index is 13.4. The third-order valence-electron chi connectivity index (χ3n) is 10.4. The molecule has 1 unspecified atom stereocenters. The lowest BCUT2D eigenvalue weighted by Crippen LogP contribution is -2.69. The number of carbonyl (C=O) groups excluding carboxylic acids is 1. The van der Waals surface area contributed by atoms with E-state index in [-0.39, 0.29) is 49.7 Å². The molecule has 5 heterocycles.